The fourth-order valence-electron chi connectivity index (χ4n) is 3.11. The standard InChI is InChI=1S/C19H19NO4/c21-17(22)19(15-9-5-2-6-10-15)11-16(12-19)20-18(23)24-13-14-7-3-1-4-8-14/h1-10,16H,11-13H2,(H,20,23)(H,21,22). The summed E-state index contributed by atoms with van der Waals surface area (Å²) in [5.41, 5.74) is 0.761. The van der Waals surface area contributed by atoms with E-state index in [0.717, 1.165) is 11.1 Å². The van der Waals surface area contributed by atoms with Gasteiger partial charge in [0.25, 0.3) is 0 Å². The van der Waals surface area contributed by atoms with Crippen LogP contribution >= 0.6 is 0 Å². The number of nitrogens with one attached hydrogen (secondary N) is 1. The van der Waals surface area contributed by atoms with E-state index in [1.54, 1.807) is 0 Å². The lowest BCUT2D eigenvalue weighted by Gasteiger charge is -2.44. The van der Waals surface area contributed by atoms with Crippen LogP contribution in [0.25, 0.3) is 0 Å². The normalized spacial score (nSPS) is 22.2. The smallest absolute Gasteiger partial charge is 0.407 e. The topological polar surface area (TPSA) is 75.6 Å². The van der Waals surface area contributed by atoms with Crippen LogP contribution in [-0.4, -0.2) is 23.2 Å². The SMILES string of the molecule is O=C(NC1CC(C(=O)O)(c2ccccc2)C1)OCc1ccccc1. The van der Waals surface area contributed by atoms with Crippen molar-refractivity contribution in [3.63, 3.8) is 0 Å². The zero-order valence-electron chi connectivity index (χ0n) is 13.1. The van der Waals surface area contributed by atoms with Gasteiger partial charge >= 0.3 is 12.1 Å². The number of carboxylic acid groups (broad SMARTS) is 1. The average molecular weight is 325 g/mol. The molecule has 124 valence electrons. The average Bonchev–Trinajstić information content (AvgIpc) is 2.57. The molecule has 3 rings (SSSR count). The zero-order chi connectivity index (χ0) is 17.0. The van der Waals surface area contributed by atoms with Gasteiger partial charge in [0.15, 0.2) is 0 Å². The molecule has 5 heteroatoms. The van der Waals surface area contributed by atoms with Gasteiger partial charge in [-0.05, 0) is 24.0 Å². The van der Waals surface area contributed by atoms with Crippen molar-refractivity contribution in [3.8, 4) is 0 Å². The van der Waals surface area contributed by atoms with Crippen molar-refractivity contribution in [2.45, 2.75) is 30.9 Å². The Bertz CT molecular complexity index is 709. The number of alkyl carbamates (subject to hydrolysis) is 1. The van der Waals surface area contributed by atoms with Crippen molar-refractivity contribution in [2.24, 2.45) is 0 Å². The maximum Gasteiger partial charge on any atom is 0.407 e. The number of aliphatic carboxylic acids is 1. The molecule has 0 aromatic heterocycles. The van der Waals surface area contributed by atoms with Gasteiger partial charge in [0.2, 0.25) is 0 Å². The lowest BCUT2D eigenvalue weighted by atomic mass is 9.61. The van der Waals surface area contributed by atoms with Crippen molar-refractivity contribution >= 4 is 12.1 Å². The van der Waals surface area contributed by atoms with Gasteiger partial charge in [0.1, 0.15) is 6.61 Å². The first-order valence-corrected chi connectivity index (χ1v) is 7.86. The second kappa shape index (κ2) is 6.74. The maximum absolute atomic E-state index is 11.9. The summed E-state index contributed by atoms with van der Waals surface area (Å²) >= 11 is 0. The Morgan fingerprint density at radius 2 is 1.62 bits per heavy atom. The van der Waals surface area contributed by atoms with E-state index >= 15 is 0 Å². The molecule has 5 nitrogen and oxygen atoms in total. The summed E-state index contributed by atoms with van der Waals surface area (Å²) in [7, 11) is 0. The lowest BCUT2D eigenvalue weighted by molar-refractivity contribution is -0.148. The third-order valence-corrected chi connectivity index (χ3v) is 4.46. The van der Waals surface area contributed by atoms with Crippen LogP contribution in [0, 0.1) is 0 Å². The molecule has 1 amide bonds. The van der Waals surface area contributed by atoms with Crippen LogP contribution in [0.15, 0.2) is 60.7 Å². The van der Waals surface area contributed by atoms with E-state index in [2.05, 4.69) is 5.32 Å². The van der Waals surface area contributed by atoms with Crippen molar-refractivity contribution in [2.75, 3.05) is 0 Å². The van der Waals surface area contributed by atoms with E-state index < -0.39 is 17.5 Å². The van der Waals surface area contributed by atoms with Crippen LogP contribution in [-0.2, 0) is 21.6 Å². The van der Waals surface area contributed by atoms with Crippen LogP contribution in [0.2, 0.25) is 0 Å². The van der Waals surface area contributed by atoms with Crippen LogP contribution < -0.4 is 5.32 Å². The Balaban J connectivity index is 1.53. The third kappa shape index (κ3) is 3.25. The largest absolute Gasteiger partial charge is 0.481 e. The summed E-state index contributed by atoms with van der Waals surface area (Å²) in [4.78, 5) is 23.6. The van der Waals surface area contributed by atoms with Crippen molar-refractivity contribution in [3.05, 3.63) is 71.8 Å². The van der Waals surface area contributed by atoms with E-state index in [1.807, 2.05) is 60.7 Å². The minimum Gasteiger partial charge on any atom is -0.481 e. The van der Waals surface area contributed by atoms with Gasteiger partial charge in [-0.3, -0.25) is 4.79 Å². The lowest BCUT2D eigenvalue weighted by Crippen LogP contribution is -2.57. The predicted octanol–water partition coefficient (Wildman–Crippen LogP) is 3.10. The number of carbonyl (C=O) groups is 2. The van der Waals surface area contributed by atoms with Gasteiger partial charge in [-0.2, -0.15) is 0 Å². The van der Waals surface area contributed by atoms with E-state index in [1.165, 1.54) is 0 Å². The van der Waals surface area contributed by atoms with Gasteiger partial charge in [0, 0.05) is 6.04 Å². The Hall–Kier alpha value is -2.82. The molecule has 1 fully saturated rings. The molecule has 0 bridgehead atoms. The van der Waals surface area contributed by atoms with Crippen molar-refractivity contribution in [1.29, 1.82) is 0 Å². The van der Waals surface area contributed by atoms with Gasteiger partial charge in [-0.1, -0.05) is 60.7 Å². The second-order valence-electron chi connectivity index (χ2n) is 6.06. The second-order valence-corrected chi connectivity index (χ2v) is 6.06. The van der Waals surface area contributed by atoms with Crippen LogP contribution in [0.1, 0.15) is 24.0 Å². The summed E-state index contributed by atoms with van der Waals surface area (Å²) in [5, 5.41) is 12.3. The van der Waals surface area contributed by atoms with Gasteiger partial charge in [-0.15, -0.1) is 0 Å². The Labute approximate surface area is 140 Å². The van der Waals surface area contributed by atoms with E-state index in [0.29, 0.717) is 12.8 Å². The molecule has 1 saturated carbocycles. The predicted molar refractivity (Wildman–Crippen MR) is 88.5 cm³/mol. The highest BCUT2D eigenvalue weighted by atomic mass is 16.5. The Morgan fingerprint density at radius 3 is 2.21 bits per heavy atom. The molecule has 2 N–H and O–H groups in total. The number of ether oxygens (including phenoxy) is 1. The molecule has 0 aliphatic heterocycles. The van der Waals surface area contributed by atoms with Crippen LogP contribution in [0.4, 0.5) is 4.79 Å². The number of hydrogen-bond donors (Lipinski definition) is 2. The Morgan fingerprint density at radius 1 is 1.04 bits per heavy atom. The van der Waals surface area contributed by atoms with Gasteiger partial charge in [0.05, 0.1) is 5.41 Å². The minimum absolute atomic E-state index is 0.190. The first-order valence-electron chi connectivity index (χ1n) is 7.86. The number of carboxylic acids is 1. The molecule has 2 aromatic carbocycles. The summed E-state index contributed by atoms with van der Waals surface area (Å²) < 4.78 is 5.17. The highest BCUT2D eigenvalue weighted by Gasteiger charge is 2.52. The molecule has 0 spiro atoms. The summed E-state index contributed by atoms with van der Waals surface area (Å²) in [6, 6.07) is 18.4. The number of benzene rings is 2. The van der Waals surface area contributed by atoms with E-state index in [4.69, 9.17) is 4.74 Å². The minimum atomic E-state index is -0.918. The number of amides is 1. The highest BCUT2D eigenvalue weighted by Crippen LogP contribution is 2.44. The molecule has 0 heterocycles. The maximum atomic E-state index is 11.9. The first kappa shape index (κ1) is 16.1. The van der Waals surface area contributed by atoms with Gasteiger partial charge < -0.3 is 15.2 Å². The molecule has 0 atom stereocenters. The van der Waals surface area contributed by atoms with Crippen molar-refractivity contribution < 1.29 is 19.4 Å². The molecule has 0 saturated heterocycles. The first-order chi connectivity index (χ1) is 11.6. The highest BCUT2D eigenvalue weighted by molar-refractivity contribution is 5.83. The molecule has 1 aliphatic rings. The molecule has 1 aliphatic carbocycles. The molecule has 24 heavy (non-hydrogen) atoms. The summed E-state index contributed by atoms with van der Waals surface area (Å²) in [6.45, 7) is 0.197. The summed E-state index contributed by atoms with van der Waals surface area (Å²) in [5.74, 6) is -0.857. The monoisotopic (exact) mass is 325 g/mol. The molecule has 2 aromatic rings. The number of rotatable bonds is 5. The fourth-order valence-corrected chi connectivity index (χ4v) is 3.11. The zero-order valence-corrected chi connectivity index (χ0v) is 13.1. The quantitative estimate of drug-likeness (QED) is 0.886. The van der Waals surface area contributed by atoms with Gasteiger partial charge in [-0.25, -0.2) is 4.79 Å². The van der Waals surface area contributed by atoms with Crippen LogP contribution in [0.5, 0.6) is 0 Å². The number of carbonyl (C=O) groups excluding carboxylic acids is 1. The third-order valence-electron chi connectivity index (χ3n) is 4.46. The number of hydrogen-bond acceptors (Lipinski definition) is 3. The van der Waals surface area contributed by atoms with Crippen LogP contribution in [0.3, 0.4) is 0 Å². The van der Waals surface area contributed by atoms with E-state index in [-0.39, 0.29) is 12.6 Å². The molecular weight excluding hydrogens is 306 g/mol. The van der Waals surface area contributed by atoms with E-state index in [9.17, 15) is 14.7 Å². The fraction of sp³-hybridized carbons (Fsp3) is 0.263. The molecule has 0 radical (unpaired) electrons. The molecular formula is C19H19NO4. The summed E-state index contributed by atoms with van der Waals surface area (Å²) in [6.07, 6.45) is 0.218. The Kier molecular flexibility index (Phi) is 4.51. The molecule has 0 unspecified atom stereocenters. The van der Waals surface area contributed by atoms with Crippen molar-refractivity contribution in [1.82, 2.24) is 5.32 Å².